The van der Waals surface area contributed by atoms with Gasteiger partial charge in [-0.05, 0) is 41.0 Å². The van der Waals surface area contributed by atoms with E-state index in [1.54, 1.807) is 6.07 Å². The highest BCUT2D eigenvalue weighted by molar-refractivity contribution is 5.87. The van der Waals surface area contributed by atoms with Gasteiger partial charge in [-0.15, -0.1) is 0 Å². The molecule has 0 aliphatic rings. The van der Waals surface area contributed by atoms with Crippen LogP contribution in [0.1, 0.15) is 11.1 Å². The Hall–Kier alpha value is -1.54. The van der Waals surface area contributed by atoms with E-state index in [0.717, 1.165) is 21.9 Å². The zero-order valence-corrected chi connectivity index (χ0v) is 7.99. The van der Waals surface area contributed by atoms with Crippen LogP contribution in [0.15, 0.2) is 30.3 Å². The minimum absolute atomic E-state index is 0.0515. The normalized spacial score (nSPS) is 10.7. The van der Waals surface area contributed by atoms with Crippen molar-refractivity contribution in [1.29, 1.82) is 0 Å². The molecule has 0 unspecified atom stereocenters. The van der Waals surface area contributed by atoms with Crippen molar-refractivity contribution in [2.24, 2.45) is 0 Å². The largest absolute Gasteiger partial charge is 0.508 e. The first-order chi connectivity index (χ1) is 6.72. The van der Waals surface area contributed by atoms with Crippen LogP contribution in [0.5, 0.6) is 5.75 Å². The lowest BCUT2D eigenvalue weighted by molar-refractivity contribution is 0.282. The molecule has 0 aliphatic carbocycles. The smallest absolute Gasteiger partial charge is 0.119 e. The molecule has 2 nitrogen and oxygen atoms in total. The number of phenols is 1. The maximum Gasteiger partial charge on any atom is 0.119 e. The van der Waals surface area contributed by atoms with Gasteiger partial charge in [0.2, 0.25) is 0 Å². The molecule has 0 saturated carbocycles. The quantitative estimate of drug-likeness (QED) is 0.721. The lowest BCUT2D eigenvalue weighted by atomic mass is 10.0. The average Bonchev–Trinajstić information content (AvgIpc) is 2.23. The third-order valence-electron chi connectivity index (χ3n) is 2.51. The van der Waals surface area contributed by atoms with Crippen molar-refractivity contribution in [2.45, 2.75) is 13.5 Å². The fraction of sp³-hybridized carbons (Fsp3) is 0.167. The number of aliphatic hydroxyl groups excluding tert-OH is 1. The summed E-state index contributed by atoms with van der Waals surface area (Å²) in [6, 6.07) is 9.27. The molecule has 0 aromatic heterocycles. The predicted molar refractivity (Wildman–Crippen MR) is 56.3 cm³/mol. The lowest BCUT2D eigenvalue weighted by Crippen LogP contribution is -1.85. The van der Waals surface area contributed by atoms with Gasteiger partial charge in [0.1, 0.15) is 5.75 Å². The van der Waals surface area contributed by atoms with Crippen molar-refractivity contribution in [2.75, 3.05) is 0 Å². The van der Waals surface area contributed by atoms with Crippen LogP contribution in [-0.4, -0.2) is 10.2 Å². The fourth-order valence-corrected chi connectivity index (χ4v) is 1.62. The first-order valence-corrected chi connectivity index (χ1v) is 4.54. The van der Waals surface area contributed by atoms with Gasteiger partial charge in [-0.2, -0.15) is 0 Å². The highest BCUT2D eigenvalue weighted by Crippen LogP contribution is 2.26. The molecule has 0 heterocycles. The van der Waals surface area contributed by atoms with Gasteiger partial charge in [-0.3, -0.25) is 0 Å². The van der Waals surface area contributed by atoms with E-state index in [-0.39, 0.29) is 6.61 Å². The Morgan fingerprint density at radius 2 is 1.93 bits per heavy atom. The zero-order chi connectivity index (χ0) is 10.1. The molecular weight excluding hydrogens is 176 g/mol. The number of fused-ring (bicyclic) bond motifs is 1. The van der Waals surface area contributed by atoms with Crippen LogP contribution in [-0.2, 0) is 6.61 Å². The van der Waals surface area contributed by atoms with Gasteiger partial charge < -0.3 is 10.2 Å². The van der Waals surface area contributed by atoms with Gasteiger partial charge in [0.25, 0.3) is 0 Å². The Morgan fingerprint density at radius 1 is 1.14 bits per heavy atom. The molecule has 0 saturated heterocycles. The first kappa shape index (κ1) is 9.03. The molecule has 2 N–H and O–H groups in total. The van der Waals surface area contributed by atoms with Crippen molar-refractivity contribution in [1.82, 2.24) is 0 Å². The lowest BCUT2D eigenvalue weighted by Gasteiger charge is -2.05. The molecule has 0 atom stereocenters. The molecule has 2 rings (SSSR count). The van der Waals surface area contributed by atoms with E-state index < -0.39 is 0 Å². The summed E-state index contributed by atoms with van der Waals surface area (Å²) >= 11 is 0. The van der Waals surface area contributed by atoms with E-state index in [4.69, 9.17) is 5.11 Å². The van der Waals surface area contributed by atoms with Gasteiger partial charge in [-0.1, -0.05) is 18.2 Å². The van der Waals surface area contributed by atoms with Crippen LogP contribution in [0, 0.1) is 6.92 Å². The summed E-state index contributed by atoms with van der Waals surface area (Å²) in [5.41, 5.74) is 1.77. The summed E-state index contributed by atoms with van der Waals surface area (Å²) in [5.74, 6) is 0.314. The molecule has 2 heteroatoms. The molecular formula is C12H12O2. The Balaban J connectivity index is 2.74. The number of aromatic hydroxyl groups is 1. The Morgan fingerprint density at radius 3 is 2.64 bits per heavy atom. The van der Waals surface area contributed by atoms with E-state index in [9.17, 15) is 5.11 Å². The monoisotopic (exact) mass is 188 g/mol. The molecule has 2 aromatic rings. The van der Waals surface area contributed by atoms with Crippen molar-refractivity contribution in [3.63, 3.8) is 0 Å². The third kappa shape index (κ3) is 1.34. The number of phenolic OH excluding ortho intramolecular Hbond substituents is 1. The molecule has 2 aromatic carbocycles. The number of hydrogen-bond donors (Lipinski definition) is 2. The van der Waals surface area contributed by atoms with Crippen LogP contribution in [0.25, 0.3) is 10.8 Å². The van der Waals surface area contributed by atoms with Crippen LogP contribution in [0.3, 0.4) is 0 Å². The first-order valence-electron chi connectivity index (χ1n) is 4.54. The number of aliphatic hydroxyl groups is 1. The van der Waals surface area contributed by atoms with Gasteiger partial charge in [0, 0.05) is 0 Å². The molecule has 0 amide bonds. The van der Waals surface area contributed by atoms with Crippen molar-refractivity contribution in [3.05, 3.63) is 41.5 Å². The number of hydrogen-bond acceptors (Lipinski definition) is 2. The summed E-state index contributed by atoms with van der Waals surface area (Å²) in [7, 11) is 0. The van der Waals surface area contributed by atoms with Crippen LogP contribution < -0.4 is 0 Å². The molecule has 14 heavy (non-hydrogen) atoms. The summed E-state index contributed by atoms with van der Waals surface area (Å²) in [6.07, 6.45) is 0. The standard InChI is InChI=1S/C12H12O2/c1-8-11-4-2-9(7-13)6-10(11)3-5-12(8)14/h2-6,13-14H,7H2,1H3. The van der Waals surface area contributed by atoms with E-state index in [2.05, 4.69) is 0 Å². The third-order valence-corrected chi connectivity index (χ3v) is 2.51. The second kappa shape index (κ2) is 3.31. The number of aryl methyl sites for hydroxylation is 1. The summed E-state index contributed by atoms with van der Waals surface area (Å²) < 4.78 is 0. The van der Waals surface area contributed by atoms with Crippen LogP contribution in [0.2, 0.25) is 0 Å². The van der Waals surface area contributed by atoms with E-state index in [1.807, 2.05) is 31.2 Å². The fourth-order valence-electron chi connectivity index (χ4n) is 1.62. The summed E-state index contributed by atoms with van der Waals surface area (Å²) in [5, 5.41) is 20.5. The second-order valence-electron chi connectivity index (χ2n) is 3.42. The van der Waals surface area contributed by atoms with Gasteiger partial charge in [0.05, 0.1) is 6.61 Å². The van der Waals surface area contributed by atoms with Crippen molar-refractivity contribution < 1.29 is 10.2 Å². The number of rotatable bonds is 1. The summed E-state index contributed by atoms with van der Waals surface area (Å²) in [6.45, 7) is 1.94. The molecule has 0 fully saturated rings. The SMILES string of the molecule is Cc1c(O)ccc2cc(CO)ccc12. The van der Waals surface area contributed by atoms with E-state index in [0.29, 0.717) is 5.75 Å². The molecule has 72 valence electrons. The predicted octanol–water partition coefficient (Wildman–Crippen LogP) is 2.35. The Labute approximate surface area is 82.4 Å². The molecule has 0 radical (unpaired) electrons. The highest BCUT2D eigenvalue weighted by Gasteiger charge is 2.02. The zero-order valence-electron chi connectivity index (χ0n) is 7.99. The maximum absolute atomic E-state index is 9.49. The van der Waals surface area contributed by atoms with Crippen molar-refractivity contribution >= 4 is 10.8 Å². The molecule has 0 spiro atoms. The van der Waals surface area contributed by atoms with Crippen molar-refractivity contribution in [3.8, 4) is 5.75 Å². The van der Waals surface area contributed by atoms with Gasteiger partial charge in [-0.25, -0.2) is 0 Å². The van der Waals surface area contributed by atoms with Gasteiger partial charge >= 0.3 is 0 Å². The van der Waals surface area contributed by atoms with E-state index in [1.165, 1.54) is 0 Å². The highest BCUT2D eigenvalue weighted by atomic mass is 16.3. The van der Waals surface area contributed by atoms with E-state index >= 15 is 0 Å². The second-order valence-corrected chi connectivity index (χ2v) is 3.42. The summed E-state index contributed by atoms with van der Waals surface area (Å²) in [4.78, 5) is 0. The number of benzene rings is 2. The van der Waals surface area contributed by atoms with Gasteiger partial charge in [0.15, 0.2) is 0 Å². The molecule has 0 bridgehead atoms. The molecule has 0 aliphatic heterocycles. The van der Waals surface area contributed by atoms with Crippen LogP contribution in [0.4, 0.5) is 0 Å². The maximum atomic E-state index is 9.49. The Bertz CT molecular complexity index is 475. The minimum atomic E-state index is 0.0515. The van der Waals surface area contributed by atoms with Crippen LogP contribution >= 0.6 is 0 Å². The average molecular weight is 188 g/mol. The Kier molecular flexibility index (Phi) is 2.14. The minimum Gasteiger partial charge on any atom is -0.508 e. The topological polar surface area (TPSA) is 40.5 Å².